The fourth-order valence-corrected chi connectivity index (χ4v) is 12.2. The van der Waals surface area contributed by atoms with Gasteiger partial charge in [-0.1, -0.05) is 53.2 Å². The zero-order valence-electron chi connectivity index (χ0n) is 28.5. The number of carboxylic acid groups (broad SMARTS) is 1. The van der Waals surface area contributed by atoms with Crippen molar-refractivity contribution in [2.24, 2.45) is 50.2 Å². The lowest BCUT2D eigenvalue weighted by atomic mass is 9.33. The Kier molecular flexibility index (Phi) is 8.46. The number of rotatable bonds is 5. The second-order valence-corrected chi connectivity index (χ2v) is 17.7. The highest BCUT2D eigenvalue weighted by Gasteiger charge is 2.70. The summed E-state index contributed by atoms with van der Waals surface area (Å²) in [6.07, 6.45) is 0.536. The van der Waals surface area contributed by atoms with Crippen LogP contribution in [0.1, 0.15) is 99.3 Å². The highest BCUT2D eigenvalue weighted by Crippen LogP contribution is 2.76. The number of hydrogen-bond acceptors (Lipinski definition) is 9. The molecule has 1 aliphatic heterocycles. The van der Waals surface area contributed by atoms with Crippen LogP contribution in [0, 0.1) is 50.2 Å². The van der Waals surface area contributed by atoms with Crippen molar-refractivity contribution in [3.05, 3.63) is 11.6 Å². The minimum absolute atomic E-state index is 0.0269. The third kappa shape index (κ3) is 4.53. The predicted octanol–water partition coefficient (Wildman–Crippen LogP) is 3.00. The van der Waals surface area contributed by atoms with Gasteiger partial charge >= 0.3 is 5.97 Å². The summed E-state index contributed by atoms with van der Waals surface area (Å²) in [4.78, 5) is 13.4. The highest BCUT2D eigenvalue weighted by atomic mass is 16.7. The van der Waals surface area contributed by atoms with Gasteiger partial charge in [-0.3, -0.25) is 4.79 Å². The molecular weight excluding hydrogens is 592 g/mol. The molecule has 4 saturated carbocycles. The van der Waals surface area contributed by atoms with Gasteiger partial charge in [-0.2, -0.15) is 0 Å². The first-order valence-corrected chi connectivity index (χ1v) is 17.5. The number of carboxylic acids is 1. The maximum atomic E-state index is 13.4. The third-order valence-corrected chi connectivity index (χ3v) is 15.5. The molecule has 15 atom stereocenters. The van der Waals surface area contributed by atoms with Crippen LogP contribution < -0.4 is 0 Å². The molecule has 0 aromatic heterocycles. The lowest BCUT2D eigenvalue weighted by molar-refractivity contribution is -0.325. The van der Waals surface area contributed by atoms with Gasteiger partial charge in [0.15, 0.2) is 6.29 Å². The van der Waals surface area contributed by atoms with E-state index in [4.69, 9.17) is 9.47 Å². The van der Waals surface area contributed by atoms with Crippen molar-refractivity contribution < 1.29 is 50.0 Å². The lowest BCUT2D eigenvalue weighted by Gasteiger charge is -2.71. The molecule has 0 bridgehead atoms. The van der Waals surface area contributed by atoms with E-state index in [1.165, 1.54) is 5.57 Å². The highest BCUT2D eigenvalue weighted by molar-refractivity contribution is 5.77. The quantitative estimate of drug-likeness (QED) is 0.173. The van der Waals surface area contributed by atoms with Crippen LogP contribution in [0.5, 0.6) is 0 Å². The first-order chi connectivity index (χ1) is 21.4. The molecule has 0 spiro atoms. The number of carbonyl (C=O) groups is 1. The Hall–Kier alpha value is -1.11. The molecule has 10 nitrogen and oxygen atoms in total. The smallest absolute Gasteiger partial charge is 0.310 e. The van der Waals surface area contributed by atoms with Gasteiger partial charge in [-0.25, -0.2) is 0 Å². The van der Waals surface area contributed by atoms with E-state index in [-0.39, 0.29) is 41.1 Å². The van der Waals surface area contributed by atoms with Gasteiger partial charge in [0, 0.05) is 5.41 Å². The van der Waals surface area contributed by atoms with Crippen LogP contribution >= 0.6 is 0 Å². The normalized spacial score (nSPS) is 54.8. The number of ether oxygens (including phenoxy) is 2. The largest absolute Gasteiger partial charge is 0.481 e. The summed E-state index contributed by atoms with van der Waals surface area (Å²) in [5.74, 6) is -0.489. The molecule has 1 saturated heterocycles. The van der Waals surface area contributed by atoms with Gasteiger partial charge in [0.2, 0.25) is 0 Å². The summed E-state index contributed by atoms with van der Waals surface area (Å²) in [5, 5.41) is 73.6. The van der Waals surface area contributed by atoms with Gasteiger partial charge in [0.25, 0.3) is 0 Å². The first-order valence-electron chi connectivity index (χ1n) is 17.5. The molecule has 0 aromatic rings. The molecular formula is C36H58O10. The molecule has 46 heavy (non-hydrogen) atoms. The molecule has 6 rings (SSSR count). The number of hydrogen-bond donors (Lipinski definition) is 7. The Labute approximate surface area is 273 Å². The van der Waals surface area contributed by atoms with Crippen LogP contribution in [0.3, 0.4) is 0 Å². The SMILES string of the molecule is CC1(C)C[C@H]2C3=CC[C@@H]4[C@@]5(C)CC[C@H](O)[C@@](C)(CO)[C@@H]5CC[C@@]4(C)[C@]3(C)CC[C@@]2(C(=O)O)CC1O[C@@H]1O[C@H](CO)[C@@H](O)[C@H](O)[C@H]1O. The Morgan fingerprint density at radius 1 is 0.891 bits per heavy atom. The number of aliphatic hydroxyl groups excluding tert-OH is 6. The Morgan fingerprint density at radius 3 is 2.22 bits per heavy atom. The molecule has 6 aliphatic rings. The van der Waals surface area contributed by atoms with Crippen LogP contribution in [0.4, 0.5) is 0 Å². The summed E-state index contributed by atoms with van der Waals surface area (Å²) in [6, 6.07) is 0. The standard InChI is InChI=1S/C36H58O10/c1-31(2)15-20-19-7-8-23-32(3)11-10-24(39)33(4,18-38)22(32)9-12-35(23,6)34(19,5)13-14-36(20,30(43)44)16-25(31)46-29-28(42)27(41)26(40)21(17-37)45-29/h7,20-29,37-42H,8-18H2,1-6H3,(H,43,44)/t20-,21+,22+,23+,24-,25?,26+,27-,28+,29-,32-,33-,34+,35+,36+/m0/s1. The average Bonchev–Trinajstić information content (AvgIpc) is 3.00. The van der Waals surface area contributed by atoms with E-state index in [1.54, 1.807) is 0 Å². The van der Waals surface area contributed by atoms with Crippen molar-refractivity contribution in [3.63, 3.8) is 0 Å². The van der Waals surface area contributed by atoms with Gasteiger partial charge in [0.1, 0.15) is 24.4 Å². The van der Waals surface area contributed by atoms with E-state index in [2.05, 4.69) is 47.6 Å². The van der Waals surface area contributed by atoms with E-state index >= 15 is 0 Å². The molecule has 1 heterocycles. The van der Waals surface area contributed by atoms with Gasteiger partial charge < -0.3 is 45.2 Å². The molecule has 7 N–H and O–H groups in total. The molecule has 0 radical (unpaired) electrons. The summed E-state index contributed by atoms with van der Waals surface area (Å²) in [6.45, 7) is 12.8. The van der Waals surface area contributed by atoms with Gasteiger partial charge in [-0.15, -0.1) is 0 Å². The molecule has 5 fully saturated rings. The second-order valence-electron chi connectivity index (χ2n) is 17.7. The summed E-state index contributed by atoms with van der Waals surface area (Å²) < 4.78 is 12.0. The Balaban J connectivity index is 1.33. The van der Waals surface area contributed by atoms with E-state index < -0.39 is 71.7 Å². The maximum Gasteiger partial charge on any atom is 0.310 e. The minimum Gasteiger partial charge on any atom is -0.481 e. The lowest BCUT2D eigenvalue weighted by Crippen LogP contribution is -2.66. The zero-order valence-corrected chi connectivity index (χ0v) is 28.5. The first kappa shape index (κ1) is 34.7. The minimum atomic E-state index is -1.57. The van der Waals surface area contributed by atoms with Crippen molar-refractivity contribution in [1.82, 2.24) is 0 Å². The fourth-order valence-electron chi connectivity index (χ4n) is 12.2. The van der Waals surface area contributed by atoms with Crippen LogP contribution in [0.2, 0.25) is 0 Å². The molecule has 262 valence electrons. The monoisotopic (exact) mass is 650 g/mol. The molecule has 1 unspecified atom stereocenters. The van der Waals surface area contributed by atoms with Crippen molar-refractivity contribution in [3.8, 4) is 0 Å². The fraction of sp³-hybridized carbons (Fsp3) is 0.917. The number of aliphatic hydroxyl groups is 6. The zero-order chi connectivity index (χ0) is 33.8. The van der Waals surface area contributed by atoms with Crippen LogP contribution in [0.25, 0.3) is 0 Å². The topological polar surface area (TPSA) is 177 Å². The van der Waals surface area contributed by atoms with Crippen molar-refractivity contribution in [1.29, 1.82) is 0 Å². The average molecular weight is 651 g/mol. The van der Waals surface area contributed by atoms with Crippen LogP contribution in [-0.4, -0.2) is 97.8 Å². The Morgan fingerprint density at radius 2 is 1.59 bits per heavy atom. The van der Waals surface area contributed by atoms with Crippen molar-refractivity contribution in [2.75, 3.05) is 13.2 Å². The van der Waals surface area contributed by atoms with Crippen molar-refractivity contribution >= 4 is 5.97 Å². The number of aliphatic carboxylic acids is 1. The van der Waals surface area contributed by atoms with E-state index in [0.717, 1.165) is 32.1 Å². The van der Waals surface area contributed by atoms with Gasteiger partial charge in [0.05, 0.1) is 30.8 Å². The van der Waals surface area contributed by atoms with Crippen LogP contribution in [0.15, 0.2) is 11.6 Å². The summed E-state index contributed by atoms with van der Waals surface area (Å²) >= 11 is 0. The number of fused-ring (bicyclic) bond motifs is 7. The van der Waals surface area contributed by atoms with E-state index in [1.807, 2.05) is 0 Å². The molecule has 0 aromatic carbocycles. The molecule has 5 aliphatic carbocycles. The molecule has 10 heteroatoms. The summed E-state index contributed by atoms with van der Waals surface area (Å²) in [7, 11) is 0. The van der Waals surface area contributed by atoms with Crippen molar-refractivity contribution in [2.45, 2.75) is 142 Å². The van der Waals surface area contributed by atoms with Gasteiger partial charge in [-0.05, 0) is 97.2 Å². The van der Waals surface area contributed by atoms with E-state index in [0.29, 0.717) is 25.2 Å². The van der Waals surface area contributed by atoms with E-state index in [9.17, 15) is 40.5 Å². The molecule has 0 amide bonds. The maximum absolute atomic E-state index is 13.4. The third-order valence-electron chi connectivity index (χ3n) is 15.5. The second kappa shape index (κ2) is 11.2. The predicted molar refractivity (Wildman–Crippen MR) is 168 cm³/mol. The summed E-state index contributed by atoms with van der Waals surface area (Å²) in [5.41, 5.74) is -1.19. The van der Waals surface area contributed by atoms with Crippen LogP contribution in [-0.2, 0) is 14.3 Å². The Bertz CT molecular complexity index is 1240. The number of allylic oxidation sites excluding steroid dienone is 2.